The molecule has 2 rings (SSSR count). The molecule has 0 amide bonds. The molecule has 10 heavy (non-hydrogen) atoms. The Morgan fingerprint density at radius 3 is 3.40 bits per heavy atom. The molecular formula is C7H13N3. The molecule has 0 radical (unpaired) electrons. The molecule has 0 aromatic heterocycles. The third kappa shape index (κ3) is 0.814. The molecule has 3 heteroatoms. The highest BCUT2D eigenvalue weighted by molar-refractivity contribution is 5.86. The van der Waals surface area contributed by atoms with E-state index in [2.05, 4.69) is 22.1 Å². The van der Waals surface area contributed by atoms with Crippen molar-refractivity contribution in [2.45, 2.75) is 13.0 Å². The fraction of sp³-hybridized carbons (Fsp3) is 0.857. The average molecular weight is 139 g/mol. The lowest BCUT2D eigenvalue weighted by molar-refractivity contribution is 0.338. The summed E-state index contributed by atoms with van der Waals surface area (Å²) in [4.78, 5) is 6.82. The van der Waals surface area contributed by atoms with Gasteiger partial charge >= 0.3 is 0 Å². The van der Waals surface area contributed by atoms with Crippen molar-refractivity contribution in [1.29, 1.82) is 0 Å². The van der Waals surface area contributed by atoms with Gasteiger partial charge in [0.15, 0.2) is 0 Å². The van der Waals surface area contributed by atoms with Gasteiger partial charge in [-0.1, -0.05) is 0 Å². The Labute approximate surface area is 61.1 Å². The zero-order valence-electron chi connectivity index (χ0n) is 6.30. The summed E-state index contributed by atoms with van der Waals surface area (Å²) in [6, 6.07) is 0.650. The molecule has 3 nitrogen and oxygen atoms in total. The van der Waals surface area contributed by atoms with Crippen LogP contribution in [0.2, 0.25) is 0 Å². The molecule has 0 saturated carbocycles. The van der Waals surface area contributed by atoms with Crippen LogP contribution in [0.1, 0.15) is 6.92 Å². The lowest BCUT2D eigenvalue weighted by atomic mass is 10.3. The summed E-state index contributed by atoms with van der Waals surface area (Å²) in [5, 5.41) is 3.30. The van der Waals surface area contributed by atoms with Gasteiger partial charge in [0.05, 0.1) is 13.1 Å². The third-order valence-electron chi connectivity index (χ3n) is 2.21. The minimum atomic E-state index is 0.650. The number of nitrogens with zero attached hydrogens (tertiary/aromatic N) is 2. The van der Waals surface area contributed by atoms with Gasteiger partial charge in [-0.15, -0.1) is 0 Å². The maximum Gasteiger partial charge on any atom is 0.113 e. The Bertz CT molecular complexity index is 164. The van der Waals surface area contributed by atoms with Crippen molar-refractivity contribution in [3.63, 3.8) is 0 Å². The molecular weight excluding hydrogens is 126 g/mol. The van der Waals surface area contributed by atoms with Gasteiger partial charge in [-0.05, 0) is 6.92 Å². The fourth-order valence-corrected chi connectivity index (χ4v) is 1.59. The molecule has 0 aromatic carbocycles. The Kier molecular flexibility index (Phi) is 1.38. The molecule has 0 aliphatic carbocycles. The predicted molar refractivity (Wildman–Crippen MR) is 41.3 cm³/mol. The van der Waals surface area contributed by atoms with Crippen LogP contribution < -0.4 is 5.32 Å². The van der Waals surface area contributed by atoms with Crippen molar-refractivity contribution in [1.82, 2.24) is 10.2 Å². The second kappa shape index (κ2) is 2.23. The van der Waals surface area contributed by atoms with Crippen LogP contribution in [0.25, 0.3) is 0 Å². The van der Waals surface area contributed by atoms with Crippen molar-refractivity contribution >= 4 is 5.84 Å². The third-order valence-corrected chi connectivity index (χ3v) is 2.21. The van der Waals surface area contributed by atoms with E-state index in [4.69, 9.17) is 0 Å². The topological polar surface area (TPSA) is 27.6 Å². The molecule has 1 N–H and O–H groups in total. The van der Waals surface area contributed by atoms with Crippen LogP contribution in [0, 0.1) is 0 Å². The van der Waals surface area contributed by atoms with E-state index in [1.54, 1.807) is 0 Å². The Morgan fingerprint density at radius 1 is 1.70 bits per heavy atom. The summed E-state index contributed by atoms with van der Waals surface area (Å²) in [6.07, 6.45) is 0. The Hall–Kier alpha value is -0.570. The number of fused-ring (bicyclic) bond motifs is 1. The number of amidine groups is 1. The van der Waals surface area contributed by atoms with E-state index in [1.807, 2.05) is 0 Å². The quantitative estimate of drug-likeness (QED) is 0.498. The summed E-state index contributed by atoms with van der Waals surface area (Å²) in [6.45, 7) is 6.46. The van der Waals surface area contributed by atoms with E-state index in [-0.39, 0.29) is 0 Å². The monoisotopic (exact) mass is 139 g/mol. The molecule has 2 aliphatic heterocycles. The van der Waals surface area contributed by atoms with Crippen molar-refractivity contribution in [2.75, 3.05) is 26.2 Å². The zero-order chi connectivity index (χ0) is 6.97. The number of hydrogen-bond donors (Lipinski definition) is 1. The number of hydrogen-bond acceptors (Lipinski definition) is 3. The van der Waals surface area contributed by atoms with Gasteiger partial charge in [0.1, 0.15) is 5.84 Å². The van der Waals surface area contributed by atoms with Crippen molar-refractivity contribution in [3.05, 3.63) is 0 Å². The van der Waals surface area contributed by atoms with Gasteiger partial charge in [-0.2, -0.15) is 0 Å². The van der Waals surface area contributed by atoms with Gasteiger partial charge in [0.25, 0.3) is 0 Å². The first kappa shape index (κ1) is 6.16. The van der Waals surface area contributed by atoms with E-state index in [9.17, 15) is 0 Å². The second-order valence-electron chi connectivity index (χ2n) is 2.98. The molecule has 0 bridgehead atoms. The van der Waals surface area contributed by atoms with Crippen LogP contribution in [0.3, 0.4) is 0 Å². The molecule has 2 heterocycles. The van der Waals surface area contributed by atoms with E-state index >= 15 is 0 Å². The van der Waals surface area contributed by atoms with Crippen molar-refractivity contribution in [2.24, 2.45) is 4.99 Å². The molecule has 2 aliphatic rings. The number of nitrogens with one attached hydrogen (secondary N) is 1. The van der Waals surface area contributed by atoms with Gasteiger partial charge in [0.2, 0.25) is 0 Å². The van der Waals surface area contributed by atoms with E-state index in [0.29, 0.717) is 6.04 Å². The first-order valence-electron chi connectivity index (χ1n) is 3.88. The van der Waals surface area contributed by atoms with E-state index < -0.39 is 0 Å². The standard InChI is InChI=1S/C7H13N3/c1-6-4-9-7-5-8-2-3-10(6)7/h6,8H,2-5H2,1H3. The summed E-state index contributed by atoms with van der Waals surface area (Å²) in [5.74, 6) is 1.26. The van der Waals surface area contributed by atoms with Gasteiger partial charge < -0.3 is 10.2 Å². The SMILES string of the molecule is CC1CN=C2CNCCN21. The average Bonchev–Trinajstić information content (AvgIpc) is 2.34. The van der Waals surface area contributed by atoms with Gasteiger partial charge in [-0.3, -0.25) is 4.99 Å². The van der Waals surface area contributed by atoms with Gasteiger partial charge in [-0.25, -0.2) is 0 Å². The molecule has 56 valence electrons. The van der Waals surface area contributed by atoms with Crippen LogP contribution in [0.5, 0.6) is 0 Å². The molecule has 0 aromatic rings. The number of piperazine rings is 1. The van der Waals surface area contributed by atoms with Crippen LogP contribution >= 0.6 is 0 Å². The highest BCUT2D eigenvalue weighted by Crippen LogP contribution is 2.10. The van der Waals surface area contributed by atoms with Crippen molar-refractivity contribution in [3.8, 4) is 0 Å². The maximum absolute atomic E-state index is 4.42. The van der Waals surface area contributed by atoms with Crippen molar-refractivity contribution < 1.29 is 0 Å². The minimum absolute atomic E-state index is 0.650. The highest BCUT2D eigenvalue weighted by Gasteiger charge is 2.25. The highest BCUT2D eigenvalue weighted by atomic mass is 15.3. The second-order valence-corrected chi connectivity index (χ2v) is 2.98. The Balaban J connectivity index is 2.11. The summed E-state index contributed by atoms with van der Waals surface area (Å²) in [7, 11) is 0. The van der Waals surface area contributed by atoms with Crippen LogP contribution in [-0.2, 0) is 0 Å². The van der Waals surface area contributed by atoms with Crippen LogP contribution in [0.4, 0.5) is 0 Å². The smallest absolute Gasteiger partial charge is 0.113 e. The van der Waals surface area contributed by atoms with Crippen LogP contribution in [0.15, 0.2) is 4.99 Å². The van der Waals surface area contributed by atoms with E-state index in [0.717, 1.165) is 26.2 Å². The molecule has 1 atom stereocenters. The largest absolute Gasteiger partial charge is 0.353 e. The predicted octanol–water partition coefficient (Wildman–Crippen LogP) is -0.308. The first-order valence-corrected chi connectivity index (χ1v) is 3.88. The molecule has 0 spiro atoms. The molecule has 1 unspecified atom stereocenters. The zero-order valence-corrected chi connectivity index (χ0v) is 6.30. The summed E-state index contributed by atoms with van der Waals surface area (Å²) >= 11 is 0. The normalized spacial score (nSPS) is 31.9. The lowest BCUT2D eigenvalue weighted by Crippen LogP contribution is -2.48. The van der Waals surface area contributed by atoms with E-state index in [1.165, 1.54) is 5.84 Å². The maximum atomic E-state index is 4.42. The summed E-state index contributed by atoms with van der Waals surface area (Å²) < 4.78 is 0. The lowest BCUT2D eigenvalue weighted by Gasteiger charge is -2.29. The molecule has 1 saturated heterocycles. The fourth-order valence-electron chi connectivity index (χ4n) is 1.59. The first-order chi connectivity index (χ1) is 4.88. The van der Waals surface area contributed by atoms with Gasteiger partial charge in [0, 0.05) is 19.1 Å². The number of aliphatic imine (C=N–C) groups is 1. The summed E-state index contributed by atoms with van der Waals surface area (Å²) in [5.41, 5.74) is 0. The Morgan fingerprint density at radius 2 is 2.60 bits per heavy atom. The minimum Gasteiger partial charge on any atom is -0.353 e. The van der Waals surface area contributed by atoms with Crippen LogP contribution in [-0.4, -0.2) is 43.0 Å². The number of rotatable bonds is 0. The molecule has 1 fully saturated rings.